The van der Waals surface area contributed by atoms with Crippen LogP contribution in [-0.2, 0) is 11.2 Å². The van der Waals surface area contributed by atoms with Crippen molar-refractivity contribution in [3.63, 3.8) is 0 Å². The summed E-state index contributed by atoms with van der Waals surface area (Å²) in [5, 5.41) is 6.41. The number of benzene rings is 1. The first kappa shape index (κ1) is 14.9. The van der Waals surface area contributed by atoms with Gasteiger partial charge in [0.2, 0.25) is 5.91 Å². The molecule has 1 aliphatic rings. The lowest BCUT2D eigenvalue weighted by Gasteiger charge is -2.24. The molecule has 1 heterocycles. The average Bonchev–Trinajstić information content (AvgIpc) is 2.88. The molecule has 0 fully saturated rings. The molecular weight excluding hydrogens is 250 g/mol. The van der Waals surface area contributed by atoms with Crippen LogP contribution in [0.1, 0.15) is 26.3 Å². The predicted octanol–water partition coefficient (Wildman–Crippen LogP) is 1.87. The SMILES string of the molecule is CCN(CC)CC(C)NC(=O)C1Cc2ccccc2N1. The molecule has 4 heteroatoms. The number of fused-ring (bicyclic) bond motifs is 1. The molecule has 0 radical (unpaired) electrons. The normalized spacial score (nSPS) is 18.5. The molecule has 2 rings (SSSR count). The summed E-state index contributed by atoms with van der Waals surface area (Å²) in [6.07, 6.45) is 0.778. The highest BCUT2D eigenvalue weighted by Gasteiger charge is 2.27. The Morgan fingerprint density at radius 3 is 2.75 bits per heavy atom. The van der Waals surface area contributed by atoms with Crippen LogP contribution in [0.5, 0.6) is 0 Å². The maximum Gasteiger partial charge on any atom is 0.243 e. The Morgan fingerprint density at radius 2 is 2.10 bits per heavy atom. The van der Waals surface area contributed by atoms with E-state index in [1.165, 1.54) is 5.56 Å². The van der Waals surface area contributed by atoms with Crippen LogP contribution >= 0.6 is 0 Å². The first-order valence-electron chi connectivity index (χ1n) is 7.51. The van der Waals surface area contributed by atoms with Gasteiger partial charge < -0.3 is 15.5 Å². The molecule has 0 aliphatic carbocycles. The Bertz CT molecular complexity index is 432. The van der Waals surface area contributed by atoms with Crippen molar-refractivity contribution in [2.75, 3.05) is 25.0 Å². The fraction of sp³-hybridized carbons (Fsp3) is 0.562. The molecule has 0 saturated carbocycles. The minimum atomic E-state index is -0.133. The summed E-state index contributed by atoms with van der Waals surface area (Å²) in [6, 6.07) is 8.16. The molecule has 1 aromatic rings. The Balaban J connectivity index is 1.85. The van der Waals surface area contributed by atoms with Gasteiger partial charge in [-0.3, -0.25) is 4.79 Å². The molecule has 1 aliphatic heterocycles. The van der Waals surface area contributed by atoms with Crippen LogP contribution in [0.15, 0.2) is 24.3 Å². The Labute approximate surface area is 121 Å². The number of likely N-dealkylation sites (N-methyl/N-ethyl adjacent to an activating group) is 1. The second-order valence-corrected chi connectivity index (χ2v) is 5.45. The van der Waals surface area contributed by atoms with Gasteiger partial charge in [0.15, 0.2) is 0 Å². The monoisotopic (exact) mass is 275 g/mol. The van der Waals surface area contributed by atoms with Gasteiger partial charge in [0.1, 0.15) is 6.04 Å². The second kappa shape index (κ2) is 6.75. The summed E-state index contributed by atoms with van der Waals surface area (Å²) < 4.78 is 0. The van der Waals surface area contributed by atoms with Gasteiger partial charge in [0, 0.05) is 24.7 Å². The molecule has 0 spiro atoms. The molecule has 1 amide bonds. The van der Waals surface area contributed by atoms with Crippen LogP contribution < -0.4 is 10.6 Å². The Hall–Kier alpha value is -1.55. The number of hydrogen-bond donors (Lipinski definition) is 2. The molecule has 0 bridgehead atoms. The maximum atomic E-state index is 12.3. The first-order valence-corrected chi connectivity index (χ1v) is 7.51. The summed E-state index contributed by atoms with van der Waals surface area (Å²) in [5.41, 5.74) is 2.31. The van der Waals surface area contributed by atoms with Gasteiger partial charge in [0.25, 0.3) is 0 Å². The van der Waals surface area contributed by atoms with Gasteiger partial charge in [-0.2, -0.15) is 0 Å². The smallest absolute Gasteiger partial charge is 0.243 e. The van der Waals surface area contributed by atoms with E-state index in [1.807, 2.05) is 18.2 Å². The second-order valence-electron chi connectivity index (χ2n) is 5.45. The lowest BCUT2D eigenvalue weighted by Crippen LogP contribution is -2.47. The van der Waals surface area contributed by atoms with Crippen LogP contribution in [-0.4, -0.2) is 42.5 Å². The fourth-order valence-corrected chi connectivity index (χ4v) is 2.71. The van der Waals surface area contributed by atoms with Crippen LogP contribution in [0.4, 0.5) is 5.69 Å². The van der Waals surface area contributed by atoms with Crippen molar-refractivity contribution in [1.82, 2.24) is 10.2 Å². The molecule has 2 unspecified atom stereocenters. The summed E-state index contributed by atoms with van der Waals surface area (Å²) in [7, 11) is 0. The lowest BCUT2D eigenvalue weighted by atomic mass is 10.1. The highest BCUT2D eigenvalue weighted by molar-refractivity contribution is 5.87. The zero-order valence-corrected chi connectivity index (χ0v) is 12.6. The van der Waals surface area contributed by atoms with Crippen molar-refractivity contribution in [2.45, 2.75) is 39.3 Å². The topological polar surface area (TPSA) is 44.4 Å². The number of anilines is 1. The summed E-state index contributed by atoms with van der Waals surface area (Å²) in [4.78, 5) is 14.6. The van der Waals surface area contributed by atoms with Gasteiger partial charge in [0.05, 0.1) is 0 Å². The van der Waals surface area contributed by atoms with E-state index < -0.39 is 0 Å². The predicted molar refractivity (Wildman–Crippen MR) is 82.9 cm³/mol. The third-order valence-corrected chi connectivity index (χ3v) is 3.90. The number of nitrogens with one attached hydrogen (secondary N) is 2. The first-order chi connectivity index (χ1) is 9.63. The Morgan fingerprint density at radius 1 is 1.40 bits per heavy atom. The van der Waals surface area contributed by atoms with Crippen LogP contribution in [0.3, 0.4) is 0 Å². The van der Waals surface area contributed by atoms with Crippen molar-refractivity contribution in [2.24, 2.45) is 0 Å². The van der Waals surface area contributed by atoms with Crippen LogP contribution in [0, 0.1) is 0 Å². The minimum Gasteiger partial charge on any atom is -0.373 e. The van der Waals surface area contributed by atoms with E-state index in [1.54, 1.807) is 0 Å². The number of para-hydroxylation sites is 1. The average molecular weight is 275 g/mol. The highest BCUT2D eigenvalue weighted by Crippen LogP contribution is 2.25. The minimum absolute atomic E-state index is 0.0980. The fourth-order valence-electron chi connectivity index (χ4n) is 2.71. The quantitative estimate of drug-likeness (QED) is 0.833. The molecule has 2 N–H and O–H groups in total. The van der Waals surface area contributed by atoms with Crippen LogP contribution in [0.2, 0.25) is 0 Å². The molecule has 1 aromatic carbocycles. The molecular formula is C16H25N3O. The van der Waals surface area contributed by atoms with E-state index in [2.05, 4.69) is 42.4 Å². The summed E-state index contributed by atoms with van der Waals surface area (Å²) in [6.45, 7) is 9.30. The number of amides is 1. The van der Waals surface area contributed by atoms with E-state index in [0.717, 1.165) is 31.7 Å². The van der Waals surface area contributed by atoms with E-state index in [0.29, 0.717) is 0 Å². The van der Waals surface area contributed by atoms with Crippen molar-refractivity contribution in [1.29, 1.82) is 0 Å². The van der Waals surface area contributed by atoms with Gasteiger partial charge in [-0.05, 0) is 31.6 Å². The van der Waals surface area contributed by atoms with Gasteiger partial charge >= 0.3 is 0 Å². The lowest BCUT2D eigenvalue weighted by molar-refractivity contribution is -0.122. The van der Waals surface area contributed by atoms with Gasteiger partial charge in [-0.25, -0.2) is 0 Å². The van der Waals surface area contributed by atoms with Gasteiger partial charge in [-0.15, -0.1) is 0 Å². The number of rotatable bonds is 6. The van der Waals surface area contributed by atoms with Crippen molar-refractivity contribution >= 4 is 11.6 Å². The zero-order chi connectivity index (χ0) is 14.5. The number of hydrogen-bond acceptors (Lipinski definition) is 3. The van der Waals surface area contributed by atoms with Crippen molar-refractivity contribution in [3.8, 4) is 0 Å². The largest absolute Gasteiger partial charge is 0.373 e. The third kappa shape index (κ3) is 3.51. The number of nitrogens with zero attached hydrogens (tertiary/aromatic N) is 1. The van der Waals surface area contributed by atoms with E-state index in [-0.39, 0.29) is 18.0 Å². The molecule has 0 aromatic heterocycles. The van der Waals surface area contributed by atoms with Gasteiger partial charge in [-0.1, -0.05) is 32.0 Å². The van der Waals surface area contributed by atoms with E-state index in [4.69, 9.17) is 0 Å². The van der Waals surface area contributed by atoms with Crippen molar-refractivity contribution < 1.29 is 4.79 Å². The maximum absolute atomic E-state index is 12.3. The third-order valence-electron chi connectivity index (χ3n) is 3.90. The molecule has 4 nitrogen and oxygen atoms in total. The van der Waals surface area contributed by atoms with Crippen LogP contribution in [0.25, 0.3) is 0 Å². The summed E-state index contributed by atoms with van der Waals surface area (Å²) in [5.74, 6) is 0.0980. The zero-order valence-electron chi connectivity index (χ0n) is 12.6. The molecule has 20 heavy (non-hydrogen) atoms. The molecule has 0 saturated heterocycles. The highest BCUT2D eigenvalue weighted by atomic mass is 16.2. The Kier molecular flexibility index (Phi) is 5.01. The van der Waals surface area contributed by atoms with Crippen molar-refractivity contribution in [3.05, 3.63) is 29.8 Å². The summed E-state index contributed by atoms with van der Waals surface area (Å²) >= 11 is 0. The molecule has 110 valence electrons. The van der Waals surface area contributed by atoms with E-state index >= 15 is 0 Å². The number of carbonyl (C=O) groups is 1. The van der Waals surface area contributed by atoms with E-state index in [9.17, 15) is 4.79 Å². The number of carbonyl (C=O) groups excluding carboxylic acids is 1. The molecule has 2 atom stereocenters. The standard InChI is InChI=1S/C16H25N3O/c1-4-19(5-2)11-12(3)17-16(20)15-10-13-8-6-7-9-14(13)18-15/h6-9,12,15,18H,4-5,10-11H2,1-3H3,(H,17,20).